The first-order valence-electron chi connectivity index (χ1n) is 16.0. The summed E-state index contributed by atoms with van der Waals surface area (Å²) in [5.74, 6) is 3.28. The largest absolute Gasteiger partial charge is 0.458 e. The van der Waals surface area contributed by atoms with E-state index in [4.69, 9.17) is 13.9 Å². The molecule has 8 aromatic rings. The molecule has 0 aliphatic carbocycles. The molecule has 222 valence electrons. The quantitative estimate of drug-likeness (QED) is 0.188. The summed E-state index contributed by atoms with van der Waals surface area (Å²) >= 11 is 0. The number of benzene rings is 7. The van der Waals surface area contributed by atoms with Crippen molar-refractivity contribution in [1.82, 2.24) is 0 Å². The lowest BCUT2D eigenvalue weighted by molar-refractivity contribution is 0.462. The maximum Gasteiger partial charge on any atom is 0.260 e. The van der Waals surface area contributed by atoms with E-state index >= 15 is 0 Å². The molecule has 5 heteroatoms. The smallest absolute Gasteiger partial charge is 0.260 e. The fourth-order valence-electron chi connectivity index (χ4n) is 7.41. The van der Waals surface area contributed by atoms with Crippen LogP contribution in [-0.4, -0.2) is 6.71 Å². The van der Waals surface area contributed by atoms with Gasteiger partial charge in [-0.25, -0.2) is 0 Å². The van der Waals surface area contributed by atoms with Crippen molar-refractivity contribution in [3.8, 4) is 23.0 Å². The number of hydrogen-bond acceptors (Lipinski definition) is 4. The molecule has 7 aromatic carbocycles. The maximum atomic E-state index is 6.84. The van der Waals surface area contributed by atoms with Crippen LogP contribution in [0.15, 0.2) is 138 Å². The van der Waals surface area contributed by atoms with E-state index in [0.717, 1.165) is 89.2 Å². The van der Waals surface area contributed by atoms with Crippen molar-refractivity contribution in [2.24, 2.45) is 0 Å². The third-order valence-electron chi connectivity index (χ3n) is 9.71. The Labute approximate surface area is 272 Å². The van der Waals surface area contributed by atoms with Crippen molar-refractivity contribution in [1.29, 1.82) is 0 Å². The molecule has 0 radical (unpaired) electrons. The van der Waals surface area contributed by atoms with Gasteiger partial charge in [-0.15, -0.1) is 0 Å². The molecular formula is C42H28BNO3. The van der Waals surface area contributed by atoms with Crippen molar-refractivity contribution in [2.45, 2.75) is 13.8 Å². The van der Waals surface area contributed by atoms with Crippen LogP contribution in [0.1, 0.15) is 11.1 Å². The van der Waals surface area contributed by atoms with Crippen molar-refractivity contribution in [3.05, 3.63) is 145 Å². The summed E-state index contributed by atoms with van der Waals surface area (Å²) in [6.07, 6.45) is 0. The molecule has 0 saturated carbocycles. The van der Waals surface area contributed by atoms with Crippen molar-refractivity contribution in [3.63, 3.8) is 0 Å². The number of rotatable bonds is 3. The van der Waals surface area contributed by atoms with Gasteiger partial charge in [0.15, 0.2) is 11.3 Å². The van der Waals surface area contributed by atoms with E-state index in [9.17, 15) is 0 Å². The number of hydrogen-bond donors (Lipinski definition) is 0. The predicted molar refractivity (Wildman–Crippen MR) is 193 cm³/mol. The number of anilines is 3. The van der Waals surface area contributed by atoms with Gasteiger partial charge in [0.25, 0.3) is 6.71 Å². The van der Waals surface area contributed by atoms with Crippen LogP contribution in [-0.2, 0) is 0 Å². The molecule has 3 heterocycles. The van der Waals surface area contributed by atoms with Gasteiger partial charge >= 0.3 is 0 Å². The average molecular weight is 606 g/mol. The number of para-hydroxylation sites is 2. The summed E-state index contributed by atoms with van der Waals surface area (Å²) in [6.45, 7) is 4.24. The third kappa shape index (κ3) is 3.90. The molecule has 0 saturated heterocycles. The zero-order valence-electron chi connectivity index (χ0n) is 26.0. The fourth-order valence-corrected chi connectivity index (χ4v) is 7.41. The fraction of sp³-hybridized carbons (Fsp3) is 0.0476. The molecule has 47 heavy (non-hydrogen) atoms. The lowest BCUT2D eigenvalue weighted by atomic mass is 9.35. The average Bonchev–Trinajstić information content (AvgIpc) is 3.49. The highest BCUT2D eigenvalue weighted by Gasteiger charge is 2.41. The maximum absolute atomic E-state index is 6.84. The minimum atomic E-state index is 0.00125. The van der Waals surface area contributed by atoms with Gasteiger partial charge in [0.2, 0.25) is 0 Å². The molecule has 0 spiro atoms. The zero-order valence-corrected chi connectivity index (χ0v) is 26.0. The number of ether oxygens (including phenoxy) is 2. The van der Waals surface area contributed by atoms with E-state index in [1.54, 1.807) is 0 Å². The second-order valence-corrected chi connectivity index (χ2v) is 12.7. The molecule has 0 fully saturated rings. The Morgan fingerprint density at radius 1 is 0.489 bits per heavy atom. The van der Waals surface area contributed by atoms with E-state index in [2.05, 4.69) is 134 Å². The molecular weight excluding hydrogens is 577 g/mol. The van der Waals surface area contributed by atoms with Crippen LogP contribution in [0.25, 0.3) is 32.7 Å². The highest BCUT2D eigenvalue weighted by Crippen LogP contribution is 2.45. The third-order valence-corrected chi connectivity index (χ3v) is 9.71. The summed E-state index contributed by atoms with van der Waals surface area (Å²) < 4.78 is 20.1. The Morgan fingerprint density at radius 3 is 1.77 bits per heavy atom. The van der Waals surface area contributed by atoms with E-state index in [1.165, 1.54) is 11.1 Å². The minimum Gasteiger partial charge on any atom is -0.458 e. The van der Waals surface area contributed by atoms with Gasteiger partial charge in [0.05, 0.1) is 0 Å². The second-order valence-electron chi connectivity index (χ2n) is 12.7. The SMILES string of the molecule is Cc1ccc(N(c2ccc(C)cc2)c2ccc3c(ccc4c5cc6c7c(c5oc34)Oc3ccccc3B7c3ccccc3O6)c2)cc1. The van der Waals surface area contributed by atoms with Crippen LogP contribution in [0.2, 0.25) is 0 Å². The van der Waals surface area contributed by atoms with Crippen molar-refractivity contribution >= 4 is 72.9 Å². The minimum absolute atomic E-state index is 0.00125. The van der Waals surface area contributed by atoms with E-state index in [-0.39, 0.29) is 6.71 Å². The van der Waals surface area contributed by atoms with Crippen molar-refractivity contribution in [2.75, 3.05) is 4.90 Å². The standard InChI is InChI=1S/C42H28BNO3/c1-25-11-16-28(17-12-25)44(29-18-13-26(2)14-19-29)30-20-22-31-27(23-30)15-21-32-33-24-38-39-42(41(33)47-40(31)32)46-37-10-6-4-8-35(37)43(39)34-7-3-5-9-36(34)45-38/h3-24H,1-2H3. The molecule has 4 nitrogen and oxygen atoms in total. The summed E-state index contributed by atoms with van der Waals surface area (Å²) in [5.41, 5.74) is 10.7. The Bertz CT molecular complexity index is 2490. The van der Waals surface area contributed by atoms with E-state index < -0.39 is 0 Å². The van der Waals surface area contributed by atoms with Gasteiger partial charge in [-0.3, -0.25) is 0 Å². The zero-order chi connectivity index (χ0) is 31.2. The summed E-state index contributed by atoms with van der Waals surface area (Å²) in [6, 6.07) is 47.1. The van der Waals surface area contributed by atoms with Gasteiger partial charge in [-0.05, 0) is 96.9 Å². The second kappa shape index (κ2) is 9.78. The van der Waals surface area contributed by atoms with Crippen LogP contribution in [0.4, 0.5) is 17.1 Å². The van der Waals surface area contributed by atoms with Gasteiger partial charge in [-0.2, -0.15) is 0 Å². The van der Waals surface area contributed by atoms with Crippen LogP contribution in [0.3, 0.4) is 0 Å². The van der Waals surface area contributed by atoms with Gasteiger partial charge in [0, 0.05) is 38.7 Å². The van der Waals surface area contributed by atoms with Crippen LogP contribution in [0.5, 0.6) is 23.0 Å². The molecule has 0 unspecified atom stereocenters. The summed E-state index contributed by atoms with van der Waals surface area (Å²) in [5, 5.41) is 4.18. The number of furan rings is 1. The van der Waals surface area contributed by atoms with Crippen LogP contribution >= 0.6 is 0 Å². The molecule has 2 aliphatic rings. The number of aryl methyl sites for hydroxylation is 2. The lowest BCUT2D eigenvalue weighted by Crippen LogP contribution is -2.57. The Balaban J connectivity index is 1.17. The van der Waals surface area contributed by atoms with Gasteiger partial charge in [0.1, 0.15) is 22.8 Å². The Kier molecular flexibility index (Phi) is 5.47. The lowest BCUT2D eigenvalue weighted by Gasteiger charge is -2.32. The normalized spacial score (nSPS) is 12.8. The summed E-state index contributed by atoms with van der Waals surface area (Å²) in [4.78, 5) is 2.31. The summed E-state index contributed by atoms with van der Waals surface area (Å²) in [7, 11) is 0. The first-order chi connectivity index (χ1) is 23.1. The molecule has 1 aromatic heterocycles. The highest BCUT2D eigenvalue weighted by molar-refractivity contribution is 6.98. The topological polar surface area (TPSA) is 34.8 Å². The van der Waals surface area contributed by atoms with E-state index in [0.29, 0.717) is 0 Å². The molecule has 10 rings (SSSR count). The Morgan fingerprint density at radius 2 is 1.09 bits per heavy atom. The first-order valence-corrected chi connectivity index (χ1v) is 16.0. The molecule has 0 bridgehead atoms. The van der Waals surface area contributed by atoms with Crippen LogP contribution < -0.4 is 30.8 Å². The molecule has 2 aliphatic heterocycles. The highest BCUT2D eigenvalue weighted by atomic mass is 16.5. The number of fused-ring (bicyclic) bond motifs is 10. The molecule has 0 atom stereocenters. The van der Waals surface area contributed by atoms with E-state index in [1.807, 2.05) is 18.2 Å². The monoisotopic (exact) mass is 605 g/mol. The number of nitrogens with zero attached hydrogens (tertiary/aromatic N) is 1. The molecule has 0 N–H and O–H groups in total. The van der Waals surface area contributed by atoms with Gasteiger partial charge < -0.3 is 18.8 Å². The first kappa shape index (κ1) is 26.3. The van der Waals surface area contributed by atoms with Crippen LogP contribution in [0, 0.1) is 13.8 Å². The Hall–Kier alpha value is -5.94. The van der Waals surface area contributed by atoms with Crippen molar-refractivity contribution < 1.29 is 13.9 Å². The molecule has 0 amide bonds. The van der Waals surface area contributed by atoms with Gasteiger partial charge in [-0.1, -0.05) is 77.9 Å². The predicted octanol–water partition coefficient (Wildman–Crippen LogP) is 9.55.